The van der Waals surface area contributed by atoms with E-state index in [0.29, 0.717) is 17.8 Å². The van der Waals surface area contributed by atoms with E-state index in [2.05, 4.69) is 5.32 Å². The van der Waals surface area contributed by atoms with E-state index < -0.39 is 37.9 Å². The Morgan fingerprint density at radius 3 is 2.03 bits per heavy atom. The first-order valence-electron chi connectivity index (χ1n) is 9.23. The molecule has 0 spiro atoms. The van der Waals surface area contributed by atoms with Crippen molar-refractivity contribution >= 4 is 21.4 Å². The largest absolute Gasteiger partial charge is 0.501 e. The minimum Gasteiger partial charge on any atom is -0.322 e. The number of amides is 1. The predicted molar refractivity (Wildman–Crippen MR) is 108 cm³/mol. The number of rotatable bonds is 4. The highest BCUT2D eigenvalue weighted by Gasteiger charge is 2.46. The standard InChI is InChI=1S/C21H16F6N2O3S/c1-12-11-16(13(2)29(12)18-6-4-3-5-17(18)20(22,23)24)19(30)28-14-7-9-15(10-8-14)33(31,32)21(25,26)27/h3-11H,1-2H3,(H,28,30). The van der Waals surface area contributed by atoms with Crippen LogP contribution in [0.15, 0.2) is 59.5 Å². The number of aromatic nitrogens is 1. The highest BCUT2D eigenvalue weighted by atomic mass is 32.2. The van der Waals surface area contributed by atoms with Crippen LogP contribution in [0.3, 0.4) is 0 Å². The van der Waals surface area contributed by atoms with Crippen molar-refractivity contribution in [1.82, 2.24) is 4.57 Å². The van der Waals surface area contributed by atoms with Crippen LogP contribution in [0.1, 0.15) is 27.3 Å². The zero-order valence-electron chi connectivity index (χ0n) is 17.0. The van der Waals surface area contributed by atoms with Crippen LogP contribution in [0, 0.1) is 13.8 Å². The van der Waals surface area contributed by atoms with Gasteiger partial charge in [0.15, 0.2) is 0 Å². The van der Waals surface area contributed by atoms with Crippen LogP contribution >= 0.6 is 0 Å². The number of alkyl halides is 6. The first-order chi connectivity index (χ1) is 15.1. The van der Waals surface area contributed by atoms with Crippen LogP contribution in [0.25, 0.3) is 5.69 Å². The Bertz CT molecular complexity index is 1310. The summed E-state index contributed by atoms with van der Waals surface area (Å²) in [7, 11) is -5.54. The zero-order valence-corrected chi connectivity index (χ0v) is 17.9. The van der Waals surface area contributed by atoms with Crippen molar-refractivity contribution < 1.29 is 39.6 Å². The number of carbonyl (C=O) groups is 1. The Morgan fingerprint density at radius 2 is 1.48 bits per heavy atom. The lowest BCUT2D eigenvalue weighted by Gasteiger charge is -2.16. The first-order valence-corrected chi connectivity index (χ1v) is 10.7. The highest BCUT2D eigenvalue weighted by molar-refractivity contribution is 7.92. The Morgan fingerprint density at radius 1 is 0.909 bits per heavy atom. The number of carbonyl (C=O) groups excluding carboxylic acids is 1. The number of para-hydroxylation sites is 1. The molecule has 1 N–H and O–H groups in total. The molecule has 0 saturated heterocycles. The van der Waals surface area contributed by atoms with Crippen molar-refractivity contribution in [2.24, 2.45) is 0 Å². The van der Waals surface area contributed by atoms with E-state index in [1.54, 1.807) is 0 Å². The van der Waals surface area contributed by atoms with Gasteiger partial charge in [-0.3, -0.25) is 4.79 Å². The average molecular weight is 490 g/mol. The summed E-state index contributed by atoms with van der Waals surface area (Å²) in [6, 6.07) is 9.59. The third-order valence-electron chi connectivity index (χ3n) is 4.85. The molecule has 0 saturated carbocycles. The molecule has 12 heteroatoms. The summed E-state index contributed by atoms with van der Waals surface area (Å²) in [5.41, 5.74) is -5.93. The van der Waals surface area contributed by atoms with Crippen LogP contribution in [-0.4, -0.2) is 24.4 Å². The number of anilines is 1. The van der Waals surface area contributed by atoms with E-state index in [1.165, 1.54) is 42.7 Å². The maximum Gasteiger partial charge on any atom is 0.501 e. The van der Waals surface area contributed by atoms with Gasteiger partial charge in [-0.25, -0.2) is 8.42 Å². The van der Waals surface area contributed by atoms with Gasteiger partial charge in [-0.1, -0.05) is 12.1 Å². The number of aryl methyl sites for hydroxylation is 1. The van der Waals surface area contributed by atoms with E-state index in [9.17, 15) is 39.6 Å². The Labute approximate surface area is 184 Å². The van der Waals surface area contributed by atoms with Gasteiger partial charge in [0, 0.05) is 17.1 Å². The summed E-state index contributed by atoms with van der Waals surface area (Å²) >= 11 is 0. The monoisotopic (exact) mass is 490 g/mol. The lowest BCUT2D eigenvalue weighted by atomic mass is 10.1. The normalized spacial score (nSPS) is 12.6. The first kappa shape index (κ1) is 24.4. The highest BCUT2D eigenvalue weighted by Crippen LogP contribution is 2.35. The van der Waals surface area contributed by atoms with Gasteiger partial charge < -0.3 is 9.88 Å². The van der Waals surface area contributed by atoms with Gasteiger partial charge >= 0.3 is 11.7 Å². The predicted octanol–water partition coefficient (Wildman–Crippen LogP) is 5.66. The molecule has 0 aliphatic heterocycles. The molecule has 0 radical (unpaired) electrons. The fraction of sp³-hybridized carbons (Fsp3) is 0.190. The summed E-state index contributed by atoms with van der Waals surface area (Å²) < 4.78 is 102. The quantitative estimate of drug-likeness (QED) is 0.480. The van der Waals surface area contributed by atoms with Gasteiger partial charge in [-0.15, -0.1) is 0 Å². The molecule has 3 rings (SSSR count). The zero-order chi connectivity index (χ0) is 24.8. The third-order valence-corrected chi connectivity index (χ3v) is 6.36. The number of nitrogens with zero attached hydrogens (tertiary/aromatic N) is 1. The number of halogens is 6. The minimum atomic E-state index is -5.54. The van der Waals surface area contributed by atoms with E-state index >= 15 is 0 Å². The summed E-state index contributed by atoms with van der Waals surface area (Å²) in [5, 5.41) is 2.40. The molecule has 176 valence electrons. The Hall–Kier alpha value is -3.28. The molecule has 2 aromatic carbocycles. The number of sulfone groups is 1. The second-order valence-corrected chi connectivity index (χ2v) is 9.00. The summed E-state index contributed by atoms with van der Waals surface area (Å²) in [5.74, 6) is -0.731. The van der Waals surface area contributed by atoms with Crippen LogP contribution in [0.5, 0.6) is 0 Å². The van der Waals surface area contributed by atoms with Gasteiger partial charge in [-0.2, -0.15) is 26.3 Å². The van der Waals surface area contributed by atoms with E-state index in [0.717, 1.165) is 18.2 Å². The van der Waals surface area contributed by atoms with Crippen molar-refractivity contribution in [2.75, 3.05) is 5.32 Å². The molecule has 33 heavy (non-hydrogen) atoms. The maximum absolute atomic E-state index is 13.4. The SMILES string of the molecule is Cc1cc(C(=O)Nc2ccc(S(=O)(=O)C(F)(F)F)cc2)c(C)n1-c1ccccc1C(F)(F)F. The Kier molecular flexibility index (Phi) is 6.09. The fourth-order valence-electron chi connectivity index (χ4n) is 3.32. The molecule has 0 fully saturated rings. The molecule has 0 bridgehead atoms. The smallest absolute Gasteiger partial charge is 0.322 e. The minimum absolute atomic E-state index is 0.00150. The molecule has 1 heterocycles. The number of benzene rings is 2. The summed E-state index contributed by atoms with van der Waals surface area (Å²) in [6.07, 6.45) is -4.62. The lowest BCUT2D eigenvalue weighted by Crippen LogP contribution is -2.23. The van der Waals surface area contributed by atoms with E-state index in [1.807, 2.05) is 0 Å². The van der Waals surface area contributed by atoms with Gasteiger partial charge in [0.05, 0.1) is 21.7 Å². The van der Waals surface area contributed by atoms with E-state index in [-0.39, 0.29) is 22.6 Å². The van der Waals surface area contributed by atoms with Crippen LogP contribution < -0.4 is 5.32 Å². The molecule has 5 nitrogen and oxygen atoms in total. The number of hydrogen-bond donors (Lipinski definition) is 1. The van der Waals surface area contributed by atoms with Crippen molar-refractivity contribution in [1.29, 1.82) is 0 Å². The molecule has 0 aliphatic rings. The van der Waals surface area contributed by atoms with Gasteiger partial charge in [0.1, 0.15) is 0 Å². The maximum atomic E-state index is 13.4. The molecule has 1 amide bonds. The van der Waals surface area contributed by atoms with Crippen molar-refractivity contribution in [2.45, 2.75) is 30.4 Å². The topological polar surface area (TPSA) is 68.2 Å². The van der Waals surface area contributed by atoms with Crippen molar-refractivity contribution in [3.63, 3.8) is 0 Å². The second-order valence-electron chi connectivity index (χ2n) is 7.06. The third kappa shape index (κ3) is 4.61. The van der Waals surface area contributed by atoms with Crippen LogP contribution in [0.2, 0.25) is 0 Å². The number of hydrogen-bond acceptors (Lipinski definition) is 3. The van der Waals surface area contributed by atoms with Crippen molar-refractivity contribution in [3.05, 3.63) is 77.1 Å². The molecule has 1 aromatic heterocycles. The molecule has 3 aromatic rings. The molecular formula is C21H16F6N2O3S. The van der Waals surface area contributed by atoms with Gasteiger partial charge in [-0.05, 0) is 56.3 Å². The summed E-state index contributed by atoms with van der Waals surface area (Å²) in [4.78, 5) is 11.7. The molecule has 0 aliphatic carbocycles. The van der Waals surface area contributed by atoms with Crippen LogP contribution in [-0.2, 0) is 16.0 Å². The average Bonchev–Trinajstić information content (AvgIpc) is 3.01. The second kappa shape index (κ2) is 8.25. The fourth-order valence-corrected chi connectivity index (χ4v) is 4.08. The summed E-state index contributed by atoms with van der Waals surface area (Å²) in [6.45, 7) is 2.97. The molecule has 0 atom stereocenters. The molecule has 0 unspecified atom stereocenters. The van der Waals surface area contributed by atoms with E-state index in [4.69, 9.17) is 0 Å². The van der Waals surface area contributed by atoms with Gasteiger partial charge in [0.25, 0.3) is 15.7 Å². The lowest BCUT2D eigenvalue weighted by molar-refractivity contribution is -0.137. The number of nitrogens with one attached hydrogen (secondary N) is 1. The van der Waals surface area contributed by atoms with Crippen LogP contribution in [0.4, 0.5) is 32.0 Å². The van der Waals surface area contributed by atoms with Crippen molar-refractivity contribution in [3.8, 4) is 5.69 Å². The van der Waals surface area contributed by atoms with Gasteiger partial charge in [0.2, 0.25) is 0 Å². The Balaban J connectivity index is 1.92. The molecular weight excluding hydrogens is 474 g/mol.